The van der Waals surface area contributed by atoms with Gasteiger partial charge in [-0.05, 0) is 13.3 Å². The Morgan fingerprint density at radius 3 is 2.92 bits per heavy atom. The number of rotatable bonds is 6. The Kier molecular flexibility index (Phi) is 5.48. The normalized spacial score (nSPS) is 17.0. The Morgan fingerprint density at radius 1 is 1.38 bits per heavy atom. The zero-order chi connectivity index (χ0) is 16.8. The van der Waals surface area contributed by atoms with Crippen LogP contribution in [0.25, 0.3) is 11.3 Å². The molecule has 0 aliphatic carbocycles. The molecule has 3 rings (SSSR count). The quantitative estimate of drug-likeness (QED) is 0.885. The molecule has 2 aromatic rings. The summed E-state index contributed by atoms with van der Waals surface area (Å²) in [5.74, 6) is 1.08. The number of ether oxygens (including phenoxy) is 1. The van der Waals surface area contributed by atoms with Gasteiger partial charge in [0.2, 0.25) is 0 Å². The van der Waals surface area contributed by atoms with Crippen LogP contribution in [0.4, 0.5) is 4.79 Å². The predicted octanol–water partition coefficient (Wildman–Crippen LogP) is 2.91. The molecule has 1 aromatic carbocycles. The van der Waals surface area contributed by atoms with Crippen molar-refractivity contribution in [3.8, 4) is 11.3 Å². The SMILES string of the molecule is CCN(CC1CCOC1)C(=O)NCc1cc(-c2ccccc2)no1. The van der Waals surface area contributed by atoms with Crippen LogP contribution in [0, 0.1) is 5.92 Å². The lowest BCUT2D eigenvalue weighted by atomic mass is 10.1. The Hall–Kier alpha value is -2.34. The number of hydrogen-bond donors (Lipinski definition) is 1. The number of nitrogens with zero attached hydrogens (tertiary/aromatic N) is 2. The van der Waals surface area contributed by atoms with E-state index in [1.165, 1.54) is 0 Å². The van der Waals surface area contributed by atoms with Gasteiger partial charge < -0.3 is 19.5 Å². The smallest absolute Gasteiger partial charge is 0.317 e. The first-order valence-corrected chi connectivity index (χ1v) is 8.37. The average Bonchev–Trinajstić information content (AvgIpc) is 3.30. The van der Waals surface area contributed by atoms with Crippen LogP contribution in [0.3, 0.4) is 0 Å². The van der Waals surface area contributed by atoms with E-state index in [-0.39, 0.29) is 6.03 Å². The summed E-state index contributed by atoms with van der Waals surface area (Å²) in [4.78, 5) is 14.1. The molecule has 24 heavy (non-hydrogen) atoms. The Bertz CT molecular complexity index is 651. The van der Waals surface area contributed by atoms with Crippen LogP contribution < -0.4 is 5.32 Å². The second-order valence-electron chi connectivity index (χ2n) is 5.97. The lowest BCUT2D eigenvalue weighted by Crippen LogP contribution is -2.42. The molecule has 0 spiro atoms. The van der Waals surface area contributed by atoms with Gasteiger partial charge in [0.1, 0.15) is 5.69 Å². The molecule has 1 unspecified atom stereocenters. The minimum Gasteiger partial charge on any atom is -0.381 e. The molecular formula is C18H23N3O3. The van der Waals surface area contributed by atoms with E-state index in [9.17, 15) is 4.79 Å². The molecule has 1 fully saturated rings. The fourth-order valence-corrected chi connectivity index (χ4v) is 2.81. The summed E-state index contributed by atoms with van der Waals surface area (Å²) >= 11 is 0. The van der Waals surface area contributed by atoms with E-state index < -0.39 is 0 Å². The summed E-state index contributed by atoms with van der Waals surface area (Å²) in [5.41, 5.74) is 1.77. The summed E-state index contributed by atoms with van der Waals surface area (Å²) in [6, 6.07) is 11.6. The highest BCUT2D eigenvalue weighted by Gasteiger charge is 2.21. The summed E-state index contributed by atoms with van der Waals surface area (Å²) < 4.78 is 10.7. The highest BCUT2D eigenvalue weighted by atomic mass is 16.5. The first-order chi connectivity index (χ1) is 11.8. The number of urea groups is 1. The van der Waals surface area contributed by atoms with Crippen molar-refractivity contribution in [3.05, 3.63) is 42.2 Å². The van der Waals surface area contributed by atoms with Crippen molar-refractivity contribution in [1.29, 1.82) is 0 Å². The summed E-state index contributed by atoms with van der Waals surface area (Å²) in [6.45, 7) is 5.26. The molecule has 6 heteroatoms. The minimum atomic E-state index is -0.0814. The third-order valence-corrected chi connectivity index (χ3v) is 4.21. The Labute approximate surface area is 141 Å². The van der Waals surface area contributed by atoms with Crippen LogP contribution in [0.2, 0.25) is 0 Å². The van der Waals surface area contributed by atoms with E-state index in [0.29, 0.717) is 24.8 Å². The van der Waals surface area contributed by atoms with Crippen molar-refractivity contribution in [1.82, 2.24) is 15.4 Å². The number of carbonyl (C=O) groups is 1. The van der Waals surface area contributed by atoms with Crippen molar-refractivity contribution < 1.29 is 14.1 Å². The van der Waals surface area contributed by atoms with Gasteiger partial charge in [0.05, 0.1) is 13.2 Å². The highest BCUT2D eigenvalue weighted by molar-refractivity contribution is 5.74. The number of amides is 2. The maximum absolute atomic E-state index is 12.3. The fourth-order valence-electron chi connectivity index (χ4n) is 2.81. The van der Waals surface area contributed by atoms with Crippen molar-refractivity contribution in [2.75, 3.05) is 26.3 Å². The predicted molar refractivity (Wildman–Crippen MR) is 90.3 cm³/mol. The van der Waals surface area contributed by atoms with Gasteiger partial charge in [-0.15, -0.1) is 0 Å². The molecule has 1 N–H and O–H groups in total. The summed E-state index contributed by atoms with van der Waals surface area (Å²) in [5, 5.41) is 6.96. The second-order valence-corrected chi connectivity index (χ2v) is 5.97. The second kappa shape index (κ2) is 7.97. The third-order valence-electron chi connectivity index (χ3n) is 4.21. The molecule has 1 saturated heterocycles. The molecule has 0 saturated carbocycles. The van der Waals surface area contributed by atoms with Gasteiger partial charge in [-0.3, -0.25) is 0 Å². The molecule has 2 amide bonds. The molecule has 0 radical (unpaired) electrons. The molecular weight excluding hydrogens is 306 g/mol. The van der Waals surface area contributed by atoms with Crippen LogP contribution in [-0.4, -0.2) is 42.4 Å². The van der Waals surface area contributed by atoms with Crippen LogP contribution >= 0.6 is 0 Å². The van der Waals surface area contributed by atoms with Gasteiger partial charge in [-0.1, -0.05) is 35.5 Å². The molecule has 6 nitrogen and oxygen atoms in total. The van der Waals surface area contributed by atoms with Crippen molar-refractivity contribution in [3.63, 3.8) is 0 Å². The lowest BCUT2D eigenvalue weighted by molar-refractivity contribution is 0.165. The van der Waals surface area contributed by atoms with Crippen LogP contribution in [-0.2, 0) is 11.3 Å². The number of hydrogen-bond acceptors (Lipinski definition) is 4. The maximum atomic E-state index is 12.3. The van der Waals surface area contributed by atoms with E-state index in [2.05, 4.69) is 10.5 Å². The number of carbonyl (C=O) groups excluding carboxylic acids is 1. The molecule has 2 heterocycles. The first kappa shape index (κ1) is 16.5. The average molecular weight is 329 g/mol. The molecule has 1 aliphatic rings. The third kappa shape index (κ3) is 4.14. The van der Waals surface area contributed by atoms with E-state index in [0.717, 1.165) is 37.4 Å². The van der Waals surface area contributed by atoms with E-state index in [1.54, 1.807) is 0 Å². The van der Waals surface area contributed by atoms with Crippen molar-refractivity contribution in [2.24, 2.45) is 5.92 Å². The monoisotopic (exact) mass is 329 g/mol. The molecule has 1 atom stereocenters. The number of nitrogens with one attached hydrogen (secondary N) is 1. The van der Waals surface area contributed by atoms with Gasteiger partial charge in [-0.25, -0.2) is 4.79 Å². The zero-order valence-electron chi connectivity index (χ0n) is 13.9. The zero-order valence-corrected chi connectivity index (χ0v) is 13.9. The van der Waals surface area contributed by atoms with Gasteiger partial charge in [-0.2, -0.15) is 0 Å². The number of benzene rings is 1. The van der Waals surface area contributed by atoms with Gasteiger partial charge in [0.25, 0.3) is 0 Å². The Balaban J connectivity index is 1.53. The minimum absolute atomic E-state index is 0.0814. The molecule has 1 aliphatic heterocycles. The molecule has 0 bridgehead atoms. The van der Waals surface area contributed by atoms with Crippen LogP contribution in [0.15, 0.2) is 40.9 Å². The van der Waals surface area contributed by atoms with E-state index in [4.69, 9.17) is 9.26 Å². The topological polar surface area (TPSA) is 67.6 Å². The van der Waals surface area contributed by atoms with E-state index >= 15 is 0 Å². The largest absolute Gasteiger partial charge is 0.381 e. The van der Waals surface area contributed by atoms with Gasteiger partial charge in [0.15, 0.2) is 5.76 Å². The lowest BCUT2D eigenvalue weighted by Gasteiger charge is -2.23. The fraction of sp³-hybridized carbons (Fsp3) is 0.444. The first-order valence-electron chi connectivity index (χ1n) is 8.37. The Morgan fingerprint density at radius 2 is 2.21 bits per heavy atom. The van der Waals surface area contributed by atoms with Crippen LogP contribution in [0.5, 0.6) is 0 Å². The standard InChI is InChI=1S/C18H23N3O3/c1-2-21(12-14-8-9-23-13-14)18(22)19-11-16-10-17(20-24-16)15-6-4-3-5-7-15/h3-7,10,14H,2,8-9,11-13H2,1H3,(H,19,22). The van der Waals surface area contributed by atoms with Crippen LogP contribution in [0.1, 0.15) is 19.1 Å². The summed E-state index contributed by atoms with van der Waals surface area (Å²) in [7, 11) is 0. The van der Waals surface area contributed by atoms with Crippen molar-refractivity contribution in [2.45, 2.75) is 19.9 Å². The maximum Gasteiger partial charge on any atom is 0.317 e. The molecule has 128 valence electrons. The van der Waals surface area contributed by atoms with E-state index in [1.807, 2.05) is 48.2 Å². The summed E-state index contributed by atoms with van der Waals surface area (Å²) in [6.07, 6.45) is 1.02. The van der Waals surface area contributed by atoms with Crippen molar-refractivity contribution >= 4 is 6.03 Å². The number of aromatic nitrogens is 1. The van der Waals surface area contributed by atoms with Gasteiger partial charge >= 0.3 is 6.03 Å². The van der Waals surface area contributed by atoms with Gasteiger partial charge in [0, 0.05) is 37.2 Å². The highest BCUT2D eigenvalue weighted by Crippen LogP contribution is 2.18. The molecule has 1 aromatic heterocycles.